The SMILES string of the molecule is CNCC(C1CCCC1)C1C2CC3CC(C2)CC1C3. The monoisotopic (exact) mass is 261 g/mol. The van der Waals surface area contributed by atoms with Gasteiger partial charge >= 0.3 is 0 Å². The third-order valence-electron chi connectivity index (χ3n) is 7.24. The molecule has 0 heterocycles. The fourth-order valence-corrected chi connectivity index (χ4v) is 6.90. The van der Waals surface area contributed by atoms with E-state index in [-0.39, 0.29) is 0 Å². The average Bonchev–Trinajstić information content (AvgIpc) is 2.89. The summed E-state index contributed by atoms with van der Waals surface area (Å²) in [6.45, 7) is 1.30. The molecular weight excluding hydrogens is 230 g/mol. The van der Waals surface area contributed by atoms with Gasteiger partial charge in [-0.25, -0.2) is 0 Å². The Hall–Kier alpha value is -0.0400. The van der Waals surface area contributed by atoms with Gasteiger partial charge in [-0.1, -0.05) is 25.7 Å². The largest absolute Gasteiger partial charge is 0.319 e. The lowest BCUT2D eigenvalue weighted by molar-refractivity contribution is -0.0718. The van der Waals surface area contributed by atoms with E-state index < -0.39 is 0 Å². The first-order chi connectivity index (χ1) is 9.35. The molecule has 0 aliphatic heterocycles. The van der Waals surface area contributed by atoms with Gasteiger partial charge in [-0.3, -0.25) is 0 Å². The molecule has 19 heavy (non-hydrogen) atoms. The molecule has 5 aliphatic rings. The van der Waals surface area contributed by atoms with Gasteiger partial charge in [-0.05, 0) is 87.1 Å². The number of hydrogen-bond donors (Lipinski definition) is 1. The molecule has 1 nitrogen and oxygen atoms in total. The van der Waals surface area contributed by atoms with Crippen LogP contribution in [0.5, 0.6) is 0 Å². The normalized spacial score (nSPS) is 46.9. The van der Waals surface area contributed by atoms with Crippen LogP contribution >= 0.6 is 0 Å². The van der Waals surface area contributed by atoms with Crippen molar-refractivity contribution in [3.05, 3.63) is 0 Å². The Labute approximate surface area is 118 Å². The van der Waals surface area contributed by atoms with Crippen LogP contribution in [0.15, 0.2) is 0 Å². The minimum absolute atomic E-state index is 1.02. The van der Waals surface area contributed by atoms with Crippen molar-refractivity contribution in [1.29, 1.82) is 0 Å². The summed E-state index contributed by atoms with van der Waals surface area (Å²) in [5.41, 5.74) is 0. The minimum atomic E-state index is 1.02. The van der Waals surface area contributed by atoms with Crippen LogP contribution in [0.3, 0.4) is 0 Å². The van der Waals surface area contributed by atoms with E-state index in [1.807, 2.05) is 0 Å². The molecule has 4 bridgehead atoms. The molecule has 5 aliphatic carbocycles. The summed E-state index contributed by atoms with van der Waals surface area (Å²) in [6.07, 6.45) is 14.1. The molecule has 5 saturated carbocycles. The van der Waals surface area contributed by atoms with E-state index in [0.717, 1.165) is 41.4 Å². The zero-order valence-corrected chi connectivity index (χ0v) is 12.6. The molecule has 0 aromatic rings. The van der Waals surface area contributed by atoms with Crippen molar-refractivity contribution in [2.75, 3.05) is 13.6 Å². The predicted molar refractivity (Wildman–Crippen MR) is 79.9 cm³/mol. The molecule has 0 amide bonds. The zero-order chi connectivity index (χ0) is 12.8. The maximum Gasteiger partial charge on any atom is -0.00180 e. The first-order valence-corrected chi connectivity index (χ1v) is 8.99. The van der Waals surface area contributed by atoms with E-state index in [9.17, 15) is 0 Å². The molecule has 0 radical (unpaired) electrons. The highest BCUT2D eigenvalue weighted by Crippen LogP contribution is 2.59. The second-order valence-electron chi connectivity index (χ2n) is 8.27. The van der Waals surface area contributed by atoms with E-state index in [1.165, 1.54) is 32.2 Å². The van der Waals surface area contributed by atoms with E-state index in [0.29, 0.717) is 0 Å². The Kier molecular flexibility index (Phi) is 3.38. The smallest absolute Gasteiger partial charge is 0.00180 e. The van der Waals surface area contributed by atoms with E-state index >= 15 is 0 Å². The molecule has 1 unspecified atom stereocenters. The Morgan fingerprint density at radius 1 is 0.895 bits per heavy atom. The first-order valence-electron chi connectivity index (χ1n) is 8.99. The maximum absolute atomic E-state index is 3.55. The Bertz CT molecular complexity index is 290. The lowest BCUT2D eigenvalue weighted by Gasteiger charge is -2.57. The highest BCUT2D eigenvalue weighted by molar-refractivity contribution is 5.01. The van der Waals surface area contributed by atoms with Crippen molar-refractivity contribution in [1.82, 2.24) is 5.32 Å². The fourth-order valence-electron chi connectivity index (χ4n) is 6.90. The standard InChI is InChI=1S/C18H31N/c1-19-11-17(14-4-2-3-5-14)18-15-7-12-6-13(9-15)10-16(18)8-12/h12-19H,2-11H2,1H3. The van der Waals surface area contributed by atoms with E-state index in [1.54, 1.807) is 32.1 Å². The quantitative estimate of drug-likeness (QED) is 0.804. The highest BCUT2D eigenvalue weighted by Gasteiger charge is 2.51. The Morgan fingerprint density at radius 2 is 1.47 bits per heavy atom. The summed E-state index contributed by atoms with van der Waals surface area (Å²) in [7, 11) is 2.18. The molecule has 1 N–H and O–H groups in total. The van der Waals surface area contributed by atoms with Crippen LogP contribution in [0.4, 0.5) is 0 Å². The highest BCUT2D eigenvalue weighted by atomic mass is 14.8. The summed E-state index contributed by atoms with van der Waals surface area (Å²) < 4.78 is 0. The van der Waals surface area contributed by atoms with Crippen LogP contribution in [0.25, 0.3) is 0 Å². The van der Waals surface area contributed by atoms with Crippen molar-refractivity contribution < 1.29 is 0 Å². The lowest BCUT2D eigenvalue weighted by atomic mass is 9.48. The van der Waals surface area contributed by atoms with Gasteiger partial charge < -0.3 is 5.32 Å². The van der Waals surface area contributed by atoms with Gasteiger partial charge in [0, 0.05) is 0 Å². The molecule has 0 aromatic heterocycles. The molecule has 108 valence electrons. The fraction of sp³-hybridized carbons (Fsp3) is 1.00. The van der Waals surface area contributed by atoms with Gasteiger partial charge in [0.15, 0.2) is 0 Å². The van der Waals surface area contributed by atoms with Gasteiger partial charge in [-0.15, -0.1) is 0 Å². The van der Waals surface area contributed by atoms with Crippen molar-refractivity contribution in [2.45, 2.75) is 57.8 Å². The van der Waals surface area contributed by atoms with Crippen LogP contribution in [0.2, 0.25) is 0 Å². The predicted octanol–water partition coefficient (Wildman–Crippen LogP) is 4.08. The second-order valence-corrected chi connectivity index (χ2v) is 8.27. The van der Waals surface area contributed by atoms with Gasteiger partial charge in [0.2, 0.25) is 0 Å². The average molecular weight is 261 g/mol. The zero-order valence-electron chi connectivity index (χ0n) is 12.6. The lowest BCUT2D eigenvalue weighted by Crippen LogP contribution is -2.50. The van der Waals surface area contributed by atoms with Crippen molar-refractivity contribution in [2.24, 2.45) is 41.4 Å². The minimum Gasteiger partial charge on any atom is -0.319 e. The summed E-state index contributed by atoms with van der Waals surface area (Å²) >= 11 is 0. The summed E-state index contributed by atoms with van der Waals surface area (Å²) in [4.78, 5) is 0. The summed E-state index contributed by atoms with van der Waals surface area (Å²) in [5, 5.41) is 3.55. The van der Waals surface area contributed by atoms with E-state index in [2.05, 4.69) is 12.4 Å². The number of hydrogen-bond acceptors (Lipinski definition) is 1. The molecule has 5 rings (SSSR count). The molecule has 0 saturated heterocycles. The van der Waals surface area contributed by atoms with Gasteiger partial charge in [-0.2, -0.15) is 0 Å². The van der Waals surface area contributed by atoms with Crippen molar-refractivity contribution in [3.8, 4) is 0 Å². The molecule has 0 aromatic carbocycles. The van der Waals surface area contributed by atoms with Gasteiger partial charge in [0.25, 0.3) is 0 Å². The number of nitrogens with one attached hydrogen (secondary N) is 1. The van der Waals surface area contributed by atoms with Crippen LogP contribution in [-0.4, -0.2) is 13.6 Å². The van der Waals surface area contributed by atoms with Crippen LogP contribution in [0.1, 0.15) is 57.8 Å². The third-order valence-corrected chi connectivity index (χ3v) is 7.24. The summed E-state index contributed by atoms with van der Waals surface area (Å²) in [6, 6.07) is 0. The van der Waals surface area contributed by atoms with Crippen molar-refractivity contribution >= 4 is 0 Å². The van der Waals surface area contributed by atoms with Gasteiger partial charge in [0.05, 0.1) is 0 Å². The van der Waals surface area contributed by atoms with Crippen LogP contribution < -0.4 is 5.32 Å². The summed E-state index contributed by atoms with van der Waals surface area (Å²) in [5.74, 6) is 7.70. The molecular formula is C18H31N. The maximum atomic E-state index is 3.55. The first kappa shape index (κ1) is 12.7. The molecule has 0 spiro atoms. The topological polar surface area (TPSA) is 12.0 Å². The second kappa shape index (κ2) is 5.06. The van der Waals surface area contributed by atoms with Crippen LogP contribution in [-0.2, 0) is 0 Å². The Balaban J connectivity index is 1.55. The Morgan fingerprint density at radius 3 is 2.00 bits per heavy atom. The van der Waals surface area contributed by atoms with E-state index in [4.69, 9.17) is 0 Å². The molecule has 5 fully saturated rings. The number of rotatable bonds is 4. The third kappa shape index (κ3) is 2.17. The molecule has 1 atom stereocenters. The van der Waals surface area contributed by atoms with Crippen molar-refractivity contribution in [3.63, 3.8) is 0 Å². The molecule has 1 heteroatoms. The van der Waals surface area contributed by atoms with Crippen LogP contribution in [0, 0.1) is 41.4 Å². The van der Waals surface area contributed by atoms with Gasteiger partial charge in [0.1, 0.15) is 0 Å².